The lowest BCUT2D eigenvalue weighted by Crippen LogP contribution is -2.47. The van der Waals surface area contributed by atoms with Gasteiger partial charge in [-0.2, -0.15) is 0 Å². The molecule has 1 amide bonds. The van der Waals surface area contributed by atoms with E-state index < -0.39 is 12.0 Å². The summed E-state index contributed by atoms with van der Waals surface area (Å²) >= 11 is 0. The molecule has 1 aromatic carbocycles. The van der Waals surface area contributed by atoms with Gasteiger partial charge in [-0.3, -0.25) is 4.79 Å². The van der Waals surface area contributed by atoms with E-state index in [2.05, 4.69) is 0 Å². The predicted molar refractivity (Wildman–Crippen MR) is 89.3 cm³/mol. The highest BCUT2D eigenvalue weighted by Crippen LogP contribution is 2.26. The highest BCUT2D eigenvalue weighted by Gasteiger charge is 2.31. The van der Waals surface area contributed by atoms with Gasteiger partial charge in [-0.05, 0) is 44.7 Å². The molecule has 0 aliphatic carbocycles. The first-order valence-corrected chi connectivity index (χ1v) is 8.50. The van der Waals surface area contributed by atoms with Crippen molar-refractivity contribution >= 4 is 11.9 Å². The third-order valence-electron chi connectivity index (χ3n) is 4.05. The lowest BCUT2D eigenvalue weighted by atomic mass is 10.0. The van der Waals surface area contributed by atoms with Gasteiger partial charge in [0.1, 0.15) is 6.04 Å². The van der Waals surface area contributed by atoms with E-state index in [4.69, 9.17) is 9.47 Å². The zero-order chi connectivity index (χ0) is 17.4. The molecule has 0 bridgehead atoms. The van der Waals surface area contributed by atoms with Crippen LogP contribution in [0.2, 0.25) is 0 Å². The number of carboxylic acid groups (broad SMARTS) is 1. The van der Waals surface area contributed by atoms with E-state index in [1.54, 1.807) is 0 Å². The minimum Gasteiger partial charge on any atom is -0.490 e. The van der Waals surface area contributed by atoms with Crippen LogP contribution in [0.1, 0.15) is 39.0 Å². The van der Waals surface area contributed by atoms with E-state index in [9.17, 15) is 14.7 Å². The maximum atomic E-state index is 12.3. The summed E-state index contributed by atoms with van der Waals surface area (Å²) in [4.78, 5) is 25.0. The van der Waals surface area contributed by atoms with Crippen molar-refractivity contribution in [1.29, 1.82) is 0 Å². The standard InChI is InChI=1S/C18H25NO5/c1-2-23-15-9-3-4-10-16(15)24-13-7-11-17(20)19-12-6-5-8-14(19)18(21)22/h3-4,9-10,14H,2,5-8,11-13H2,1H3,(H,21,22). The van der Waals surface area contributed by atoms with Gasteiger partial charge in [-0.15, -0.1) is 0 Å². The number of benzene rings is 1. The fourth-order valence-electron chi connectivity index (χ4n) is 2.88. The monoisotopic (exact) mass is 335 g/mol. The summed E-state index contributed by atoms with van der Waals surface area (Å²) in [5.74, 6) is 0.329. The molecule has 0 spiro atoms. The van der Waals surface area contributed by atoms with Crippen LogP contribution in [0.25, 0.3) is 0 Å². The topological polar surface area (TPSA) is 76.1 Å². The summed E-state index contributed by atoms with van der Waals surface area (Å²) < 4.78 is 11.2. The molecule has 2 rings (SSSR count). The number of nitrogens with zero attached hydrogens (tertiary/aromatic N) is 1. The zero-order valence-corrected chi connectivity index (χ0v) is 14.1. The Balaban J connectivity index is 1.79. The largest absolute Gasteiger partial charge is 0.490 e. The summed E-state index contributed by atoms with van der Waals surface area (Å²) in [6, 6.07) is 6.75. The molecule has 0 saturated carbocycles. The van der Waals surface area contributed by atoms with Crippen LogP contribution in [0.4, 0.5) is 0 Å². The lowest BCUT2D eigenvalue weighted by molar-refractivity contribution is -0.152. The van der Waals surface area contributed by atoms with Crippen molar-refractivity contribution < 1.29 is 24.2 Å². The van der Waals surface area contributed by atoms with Crippen molar-refractivity contribution in [3.05, 3.63) is 24.3 Å². The van der Waals surface area contributed by atoms with Crippen LogP contribution in [0.15, 0.2) is 24.3 Å². The second-order valence-electron chi connectivity index (χ2n) is 5.77. The van der Waals surface area contributed by atoms with Gasteiger partial charge in [-0.25, -0.2) is 4.79 Å². The van der Waals surface area contributed by atoms with Crippen molar-refractivity contribution in [1.82, 2.24) is 4.90 Å². The Morgan fingerprint density at radius 3 is 2.58 bits per heavy atom. The van der Waals surface area contributed by atoms with Gasteiger partial charge < -0.3 is 19.5 Å². The number of rotatable bonds is 8. The smallest absolute Gasteiger partial charge is 0.326 e. The number of ether oxygens (including phenoxy) is 2. The fraction of sp³-hybridized carbons (Fsp3) is 0.556. The van der Waals surface area contributed by atoms with Crippen LogP contribution in [0, 0.1) is 0 Å². The van der Waals surface area contributed by atoms with E-state index in [1.165, 1.54) is 4.90 Å². The number of amides is 1. The molecule has 1 aliphatic rings. The number of aliphatic carboxylic acids is 1. The van der Waals surface area contributed by atoms with Gasteiger partial charge >= 0.3 is 5.97 Å². The third kappa shape index (κ3) is 4.88. The molecule has 132 valence electrons. The van der Waals surface area contributed by atoms with Crippen molar-refractivity contribution in [2.75, 3.05) is 19.8 Å². The quantitative estimate of drug-likeness (QED) is 0.739. The molecule has 0 aromatic heterocycles. The van der Waals surface area contributed by atoms with Gasteiger partial charge in [0.15, 0.2) is 11.5 Å². The Bertz CT molecular complexity index is 560. The Kier molecular flexibility index (Phi) is 6.90. The summed E-state index contributed by atoms with van der Waals surface area (Å²) in [5.41, 5.74) is 0. The van der Waals surface area contributed by atoms with E-state index in [1.807, 2.05) is 31.2 Å². The normalized spacial score (nSPS) is 17.4. The van der Waals surface area contributed by atoms with Crippen LogP contribution in [-0.4, -0.2) is 47.7 Å². The summed E-state index contributed by atoms with van der Waals surface area (Å²) in [7, 11) is 0. The number of carbonyl (C=O) groups excluding carboxylic acids is 1. The van der Waals surface area contributed by atoms with E-state index in [0.29, 0.717) is 50.5 Å². The van der Waals surface area contributed by atoms with E-state index in [-0.39, 0.29) is 5.91 Å². The number of hydrogen-bond acceptors (Lipinski definition) is 4. The molecule has 1 saturated heterocycles. The highest BCUT2D eigenvalue weighted by atomic mass is 16.5. The summed E-state index contributed by atoms with van der Waals surface area (Å²) in [6.45, 7) is 3.39. The Hall–Kier alpha value is -2.24. The molecule has 0 radical (unpaired) electrons. The number of para-hydroxylation sites is 2. The predicted octanol–water partition coefficient (Wildman–Crippen LogP) is 2.71. The van der Waals surface area contributed by atoms with Crippen LogP contribution in [-0.2, 0) is 9.59 Å². The third-order valence-corrected chi connectivity index (χ3v) is 4.05. The Labute approximate surface area is 142 Å². The average Bonchev–Trinajstić information content (AvgIpc) is 2.60. The molecule has 1 aromatic rings. The van der Waals surface area contributed by atoms with Gasteiger partial charge in [0.05, 0.1) is 13.2 Å². The number of carboxylic acids is 1. The zero-order valence-electron chi connectivity index (χ0n) is 14.1. The van der Waals surface area contributed by atoms with Crippen LogP contribution in [0.3, 0.4) is 0 Å². The molecule has 1 atom stereocenters. The number of likely N-dealkylation sites (tertiary alicyclic amines) is 1. The van der Waals surface area contributed by atoms with Gasteiger partial charge in [0.2, 0.25) is 5.91 Å². The fourth-order valence-corrected chi connectivity index (χ4v) is 2.88. The first kappa shape index (κ1) is 18.1. The molecule has 6 nitrogen and oxygen atoms in total. The second-order valence-corrected chi connectivity index (χ2v) is 5.77. The highest BCUT2D eigenvalue weighted by molar-refractivity contribution is 5.83. The lowest BCUT2D eigenvalue weighted by Gasteiger charge is -2.33. The summed E-state index contributed by atoms with van der Waals surface area (Å²) in [5, 5.41) is 9.23. The van der Waals surface area contributed by atoms with Gasteiger partial charge in [0.25, 0.3) is 0 Å². The van der Waals surface area contributed by atoms with Gasteiger partial charge in [0, 0.05) is 13.0 Å². The molecule has 1 N–H and O–H groups in total. The Morgan fingerprint density at radius 2 is 1.92 bits per heavy atom. The van der Waals surface area contributed by atoms with Crippen LogP contribution in [0.5, 0.6) is 11.5 Å². The SMILES string of the molecule is CCOc1ccccc1OCCCC(=O)N1CCCCC1C(=O)O. The average molecular weight is 335 g/mol. The minimum absolute atomic E-state index is 0.108. The van der Waals surface area contributed by atoms with Gasteiger partial charge in [-0.1, -0.05) is 12.1 Å². The maximum absolute atomic E-state index is 12.3. The van der Waals surface area contributed by atoms with Crippen LogP contribution < -0.4 is 9.47 Å². The van der Waals surface area contributed by atoms with Crippen molar-refractivity contribution in [3.8, 4) is 11.5 Å². The second kappa shape index (κ2) is 9.15. The van der Waals surface area contributed by atoms with Crippen molar-refractivity contribution in [2.24, 2.45) is 0 Å². The number of carbonyl (C=O) groups is 2. The molecule has 1 unspecified atom stereocenters. The van der Waals surface area contributed by atoms with Crippen molar-refractivity contribution in [3.63, 3.8) is 0 Å². The molecular weight excluding hydrogens is 310 g/mol. The maximum Gasteiger partial charge on any atom is 0.326 e. The molecule has 6 heteroatoms. The number of piperidine rings is 1. The minimum atomic E-state index is -0.912. The van der Waals surface area contributed by atoms with Crippen LogP contribution >= 0.6 is 0 Å². The first-order chi connectivity index (χ1) is 11.6. The summed E-state index contributed by atoms with van der Waals surface area (Å²) in [6.07, 6.45) is 3.11. The molecule has 1 fully saturated rings. The molecule has 1 aliphatic heterocycles. The van der Waals surface area contributed by atoms with E-state index >= 15 is 0 Å². The van der Waals surface area contributed by atoms with Crippen molar-refractivity contribution in [2.45, 2.75) is 45.1 Å². The number of hydrogen-bond donors (Lipinski definition) is 1. The molecule has 1 heterocycles. The first-order valence-electron chi connectivity index (χ1n) is 8.50. The molecule has 24 heavy (non-hydrogen) atoms. The molecular formula is C18H25NO5. The van der Waals surface area contributed by atoms with E-state index in [0.717, 1.165) is 12.8 Å². The Morgan fingerprint density at radius 1 is 1.21 bits per heavy atom.